The molecule has 0 amide bonds. The van der Waals surface area contributed by atoms with E-state index in [0.717, 1.165) is 22.5 Å². The first-order valence-electron chi connectivity index (χ1n) is 5.60. The minimum atomic E-state index is -4.76. The lowest BCUT2D eigenvalue weighted by Gasteiger charge is -2.20. The van der Waals surface area contributed by atoms with Gasteiger partial charge in [0.05, 0.1) is 10.6 Å². The molecule has 2 rings (SSSR count). The highest BCUT2D eigenvalue weighted by Gasteiger charge is 2.40. The van der Waals surface area contributed by atoms with E-state index < -0.39 is 31.7 Å². The Bertz CT molecular complexity index is 580. The van der Waals surface area contributed by atoms with Gasteiger partial charge in [0, 0.05) is 13.1 Å². The maximum Gasteiger partial charge on any atom is 0.417 e. The molecule has 0 spiro atoms. The highest BCUT2D eigenvalue weighted by molar-refractivity contribution is 7.89. The summed E-state index contributed by atoms with van der Waals surface area (Å²) in [6, 6.07) is 2.97. The molecule has 1 aromatic carbocycles. The molecule has 0 bridgehead atoms. The van der Waals surface area contributed by atoms with Crippen molar-refractivity contribution in [2.75, 3.05) is 13.1 Å². The molecule has 19 heavy (non-hydrogen) atoms. The quantitative estimate of drug-likeness (QED) is 0.841. The third kappa shape index (κ3) is 2.73. The van der Waals surface area contributed by atoms with Crippen LogP contribution in [0.2, 0.25) is 5.02 Å². The van der Waals surface area contributed by atoms with E-state index in [-0.39, 0.29) is 13.1 Å². The van der Waals surface area contributed by atoms with Gasteiger partial charge in [-0.25, -0.2) is 8.42 Å². The third-order valence-corrected chi connectivity index (χ3v) is 5.36. The number of alkyl halides is 3. The van der Waals surface area contributed by atoms with Crippen molar-refractivity contribution in [2.24, 2.45) is 0 Å². The molecule has 1 saturated heterocycles. The summed E-state index contributed by atoms with van der Waals surface area (Å²) in [6.45, 7) is 0.454. The summed E-state index contributed by atoms with van der Waals surface area (Å²) in [6.07, 6.45) is -3.47. The van der Waals surface area contributed by atoms with Gasteiger partial charge in [0.2, 0.25) is 10.0 Å². The van der Waals surface area contributed by atoms with Crippen LogP contribution in [-0.2, 0) is 16.2 Å². The minimum absolute atomic E-state index is 0.227. The summed E-state index contributed by atoms with van der Waals surface area (Å²) in [5, 5.41) is -0.401. The normalized spacial score (nSPS) is 17.9. The van der Waals surface area contributed by atoms with Crippen LogP contribution >= 0.6 is 11.6 Å². The van der Waals surface area contributed by atoms with Crippen molar-refractivity contribution in [1.82, 2.24) is 4.31 Å². The second-order valence-electron chi connectivity index (χ2n) is 4.23. The number of sulfonamides is 1. The first kappa shape index (κ1) is 14.6. The Balaban J connectivity index is 2.61. The Morgan fingerprint density at radius 3 is 2.26 bits per heavy atom. The van der Waals surface area contributed by atoms with Crippen molar-refractivity contribution in [1.29, 1.82) is 0 Å². The summed E-state index contributed by atoms with van der Waals surface area (Å²) in [7, 11) is -4.20. The molecule has 0 radical (unpaired) electrons. The van der Waals surface area contributed by atoms with Crippen molar-refractivity contribution in [3.05, 3.63) is 28.8 Å². The maximum atomic E-state index is 12.9. The van der Waals surface area contributed by atoms with Gasteiger partial charge in [-0.2, -0.15) is 17.5 Å². The lowest BCUT2D eigenvalue weighted by molar-refractivity contribution is -0.139. The molecule has 106 valence electrons. The molecule has 0 saturated carbocycles. The molecular formula is C11H11ClF3NO2S. The van der Waals surface area contributed by atoms with Gasteiger partial charge in [0.15, 0.2) is 0 Å². The lowest BCUT2D eigenvalue weighted by atomic mass is 10.2. The Kier molecular flexibility index (Phi) is 3.81. The van der Waals surface area contributed by atoms with Crippen molar-refractivity contribution in [2.45, 2.75) is 23.9 Å². The standard InChI is InChI=1S/C11H11ClF3NO2S/c12-9-5-3-4-8(11(13,14)15)10(9)19(17,18)16-6-1-2-7-16/h3-5H,1-2,6-7H2. The van der Waals surface area contributed by atoms with Crippen molar-refractivity contribution >= 4 is 21.6 Å². The van der Waals surface area contributed by atoms with E-state index in [4.69, 9.17) is 11.6 Å². The van der Waals surface area contributed by atoms with Crippen LogP contribution in [0.3, 0.4) is 0 Å². The zero-order valence-corrected chi connectivity index (χ0v) is 11.3. The highest BCUT2D eigenvalue weighted by Crippen LogP contribution is 2.39. The Morgan fingerprint density at radius 1 is 1.16 bits per heavy atom. The number of halogens is 4. The summed E-state index contributed by atoms with van der Waals surface area (Å²) in [4.78, 5) is -0.842. The molecule has 1 aliphatic heterocycles. The molecular weight excluding hydrogens is 303 g/mol. The molecule has 0 aromatic heterocycles. The summed E-state index contributed by atoms with van der Waals surface area (Å²) in [5.41, 5.74) is -1.22. The number of hydrogen-bond acceptors (Lipinski definition) is 2. The molecule has 1 aliphatic rings. The minimum Gasteiger partial charge on any atom is -0.207 e. The van der Waals surface area contributed by atoms with Crippen molar-refractivity contribution < 1.29 is 21.6 Å². The predicted octanol–water partition coefficient (Wildman–Crippen LogP) is 3.14. The van der Waals surface area contributed by atoms with Gasteiger partial charge in [-0.3, -0.25) is 0 Å². The number of hydrogen-bond donors (Lipinski definition) is 0. The van der Waals surface area contributed by atoms with E-state index in [9.17, 15) is 21.6 Å². The van der Waals surface area contributed by atoms with Gasteiger partial charge in [0.1, 0.15) is 4.90 Å². The average Bonchev–Trinajstić information content (AvgIpc) is 2.81. The zero-order chi connectivity index (χ0) is 14.3. The molecule has 1 fully saturated rings. The van der Waals surface area contributed by atoms with Crippen molar-refractivity contribution in [3.63, 3.8) is 0 Å². The molecule has 0 N–H and O–H groups in total. The van der Waals surface area contributed by atoms with Crippen LogP contribution in [0.5, 0.6) is 0 Å². The van der Waals surface area contributed by atoms with Crippen LogP contribution in [-0.4, -0.2) is 25.8 Å². The molecule has 8 heteroatoms. The highest BCUT2D eigenvalue weighted by atomic mass is 35.5. The van der Waals surface area contributed by atoms with E-state index in [0.29, 0.717) is 12.8 Å². The first-order chi connectivity index (χ1) is 8.74. The van der Waals surface area contributed by atoms with Crippen LogP contribution in [0.4, 0.5) is 13.2 Å². The van der Waals surface area contributed by atoms with Gasteiger partial charge in [0.25, 0.3) is 0 Å². The van der Waals surface area contributed by atoms with E-state index in [1.165, 1.54) is 0 Å². The maximum absolute atomic E-state index is 12.9. The van der Waals surface area contributed by atoms with Gasteiger partial charge in [-0.1, -0.05) is 17.7 Å². The van der Waals surface area contributed by atoms with E-state index in [1.54, 1.807) is 0 Å². The molecule has 0 aliphatic carbocycles. The second-order valence-corrected chi connectivity index (χ2v) is 6.51. The van der Waals surface area contributed by atoms with Crippen molar-refractivity contribution in [3.8, 4) is 0 Å². The Morgan fingerprint density at radius 2 is 1.74 bits per heavy atom. The number of benzene rings is 1. The van der Waals surface area contributed by atoms with E-state index in [1.807, 2.05) is 0 Å². The lowest BCUT2D eigenvalue weighted by Crippen LogP contribution is -2.30. The van der Waals surface area contributed by atoms with Gasteiger partial charge >= 0.3 is 6.18 Å². The largest absolute Gasteiger partial charge is 0.417 e. The van der Waals surface area contributed by atoms with Crippen LogP contribution in [0.1, 0.15) is 18.4 Å². The van der Waals surface area contributed by atoms with E-state index in [2.05, 4.69) is 0 Å². The summed E-state index contributed by atoms with van der Waals surface area (Å²) >= 11 is 5.69. The zero-order valence-electron chi connectivity index (χ0n) is 9.74. The second kappa shape index (κ2) is 4.96. The van der Waals surface area contributed by atoms with Gasteiger partial charge in [-0.15, -0.1) is 0 Å². The van der Waals surface area contributed by atoms with Crippen LogP contribution in [0.25, 0.3) is 0 Å². The average molecular weight is 314 g/mol. The van der Waals surface area contributed by atoms with Crippen LogP contribution in [0.15, 0.2) is 23.1 Å². The monoisotopic (exact) mass is 313 g/mol. The first-order valence-corrected chi connectivity index (χ1v) is 7.42. The third-order valence-electron chi connectivity index (χ3n) is 2.94. The predicted molar refractivity (Wildman–Crippen MR) is 64.4 cm³/mol. The number of rotatable bonds is 2. The summed E-state index contributed by atoms with van der Waals surface area (Å²) in [5.74, 6) is 0. The van der Waals surface area contributed by atoms with Crippen LogP contribution in [0, 0.1) is 0 Å². The van der Waals surface area contributed by atoms with E-state index >= 15 is 0 Å². The SMILES string of the molecule is O=S(=O)(c1c(Cl)cccc1C(F)(F)F)N1CCCC1. The molecule has 3 nitrogen and oxygen atoms in total. The molecule has 0 unspecified atom stereocenters. The van der Waals surface area contributed by atoms with Gasteiger partial charge in [-0.05, 0) is 25.0 Å². The summed E-state index contributed by atoms with van der Waals surface area (Å²) < 4.78 is 64.3. The fraction of sp³-hybridized carbons (Fsp3) is 0.455. The topological polar surface area (TPSA) is 37.4 Å². The molecule has 1 aromatic rings. The Hall–Kier alpha value is -0.790. The van der Waals surface area contributed by atoms with Crippen LogP contribution < -0.4 is 0 Å². The smallest absolute Gasteiger partial charge is 0.207 e. The Labute approximate surface area is 114 Å². The number of nitrogens with zero attached hydrogens (tertiary/aromatic N) is 1. The fourth-order valence-corrected chi connectivity index (χ4v) is 4.29. The van der Waals surface area contributed by atoms with Gasteiger partial charge < -0.3 is 0 Å². The molecule has 0 atom stereocenters. The fourth-order valence-electron chi connectivity index (χ4n) is 2.05. The molecule has 1 heterocycles.